The molecule has 0 fully saturated rings. The van der Waals surface area contributed by atoms with Crippen LogP contribution in [0.1, 0.15) is 23.5 Å². The van der Waals surface area contributed by atoms with Crippen LogP contribution in [-0.2, 0) is 6.42 Å². The molecule has 3 nitrogen and oxygen atoms in total. The predicted octanol–water partition coefficient (Wildman–Crippen LogP) is 3.13. The predicted molar refractivity (Wildman–Crippen MR) is 70.7 cm³/mol. The van der Waals surface area contributed by atoms with E-state index in [1.807, 2.05) is 6.20 Å². The van der Waals surface area contributed by atoms with E-state index in [-0.39, 0.29) is 0 Å². The second-order valence-electron chi connectivity index (χ2n) is 3.64. The normalized spacial score (nSPS) is 12.9. The summed E-state index contributed by atoms with van der Waals surface area (Å²) < 4.78 is 1.18. The van der Waals surface area contributed by atoms with Crippen LogP contribution in [0, 0.1) is 0 Å². The van der Waals surface area contributed by atoms with Crippen molar-refractivity contribution in [2.45, 2.75) is 19.4 Å². The van der Waals surface area contributed by atoms with E-state index in [0.29, 0.717) is 6.04 Å². The Labute approximate surface area is 107 Å². The van der Waals surface area contributed by atoms with Crippen molar-refractivity contribution < 1.29 is 0 Å². The van der Waals surface area contributed by atoms with Crippen LogP contribution >= 0.6 is 27.3 Å². The SMILES string of the molecule is CC(NCCc1cnc[nH]1)c1ccc(Br)s1. The zero-order valence-corrected chi connectivity index (χ0v) is 11.4. The van der Waals surface area contributed by atoms with E-state index in [4.69, 9.17) is 0 Å². The molecule has 2 aromatic rings. The molecule has 0 saturated carbocycles. The van der Waals surface area contributed by atoms with Crippen molar-refractivity contribution in [1.82, 2.24) is 15.3 Å². The lowest BCUT2D eigenvalue weighted by atomic mass is 10.2. The number of thiophene rings is 1. The van der Waals surface area contributed by atoms with Crippen molar-refractivity contribution in [2.75, 3.05) is 6.54 Å². The highest BCUT2D eigenvalue weighted by Gasteiger charge is 2.06. The number of hydrogen-bond acceptors (Lipinski definition) is 3. The molecule has 1 unspecified atom stereocenters. The Morgan fingerprint density at radius 2 is 2.44 bits per heavy atom. The molecule has 0 bridgehead atoms. The maximum Gasteiger partial charge on any atom is 0.0921 e. The largest absolute Gasteiger partial charge is 0.348 e. The monoisotopic (exact) mass is 299 g/mol. The molecule has 2 aromatic heterocycles. The smallest absolute Gasteiger partial charge is 0.0921 e. The van der Waals surface area contributed by atoms with E-state index >= 15 is 0 Å². The fraction of sp³-hybridized carbons (Fsp3) is 0.364. The summed E-state index contributed by atoms with van der Waals surface area (Å²) in [5.74, 6) is 0. The maximum absolute atomic E-state index is 3.99. The number of nitrogens with zero attached hydrogens (tertiary/aromatic N) is 1. The molecule has 2 heterocycles. The van der Waals surface area contributed by atoms with Gasteiger partial charge in [0.1, 0.15) is 0 Å². The van der Waals surface area contributed by atoms with E-state index in [1.165, 1.54) is 14.4 Å². The maximum atomic E-state index is 3.99. The molecular formula is C11H14BrN3S. The van der Waals surface area contributed by atoms with Gasteiger partial charge in [0, 0.05) is 35.8 Å². The van der Waals surface area contributed by atoms with Gasteiger partial charge >= 0.3 is 0 Å². The third-order valence-electron chi connectivity index (χ3n) is 2.42. The van der Waals surface area contributed by atoms with Crippen molar-refractivity contribution in [2.24, 2.45) is 0 Å². The Hall–Kier alpha value is -0.650. The van der Waals surface area contributed by atoms with Gasteiger partial charge in [-0.25, -0.2) is 4.98 Å². The van der Waals surface area contributed by atoms with Gasteiger partial charge in [-0.2, -0.15) is 0 Å². The average Bonchev–Trinajstić information content (AvgIpc) is 2.89. The third-order valence-corrected chi connectivity index (χ3v) is 4.23. The van der Waals surface area contributed by atoms with Gasteiger partial charge in [0.15, 0.2) is 0 Å². The lowest BCUT2D eigenvalue weighted by Gasteiger charge is -2.11. The van der Waals surface area contributed by atoms with Crippen LogP contribution in [0.2, 0.25) is 0 Å². The molecule has 0 aliphatic rings. The van der Waals surface area contributed by atoms with E-state index in [9.17, 15) is 0 Å². The molecule has 86 valence electrons. The first-order valence-corrected chi connectivity index (χ1v) is 6.82. The van der Waals surface area contributed by atoms with Crippen LogP contribution in [0.15, 0.2) is 28.4 Å². The molecule has 0 spiro atoms. The zero-order chi connectivity index (χ0) is 11.4. The molecule has 5 heteroatoms. The summed E-state index contributed by atoms with van der Waals surface area (Å²) in [7, 11) is 0. The number of aromatic nitrogens is 2. The summed E-state index contributed by atoms with van der Waals surface area (Å²) in [6.45, 7) is 3.14. The minimum Gasteiger partial charge on any atom is -0.348 e. The highest BCUT2D eigenvalue weighted by atomic mass is 79.9. The first kappa shape index (κ1) is 11.8. The first-order chi connectivity index (χ1) is 7.75. The van der Waals surface area contributed by atoms with Crippen molar-refractivity contribution in [3.05, 3.63) is 39.0 Å². The van der Waals surface area contributed by atoms with Crippen molar-refractivity contribution in [3.8, 4) is 0 Å². The summed E-state index contributed by atoms with van der Waals surface area (Å²) in [6, 6.07) is 4.65. The van der Waals surface area contributed by atoms with Gasteiger partial charge in [-0.05, 0) is 35.0 Å². The fourth-order valence-corrected chi connectivity index (χ4v) is 2.96. The molecule has 0 saturated heterocycles. The quantitative estimate of drug-likeness (QED) is 0.890. The van der Waals surface area contributed by atoms with Gasteiger partial charge in [0.05, 0.1) is 10.1 Å². The standard InChI is InChI=1S/C11H14BrN3S/c1-8(10-2-3-11(12)16-10)14-5-4-9-6-13-7-15-9/h2-3,6-8,14H,4-5H2,1H3,(H,13,15). The fourth-order valence-electron chi connectivity index (χ4n) is 1.51. The summed E-state index contributed by atoms with van der Waals surface area (Å²) >= 11 is 5.26. The van der Waals surface area contributed by atoms with E-state index in [1.54, 1.807) is 17.7 Å². The number of H-pyrrole nitrogens is 1. The van der Waals surface area contributed by atoms with Gasteiger partial charge < -0.3 is 10.3 Å². The molecular weight excluding hydrogens is 286 g/mol. The minimum absolute atomic E-state index is 0.402. The Morgan fingerprint density at radius 3 is 3.06 bits per heavy atom. The molecule has 16 heavy (non-hydrogen) atoms. The van der Waals surface area contributed by atoms with E-state index in [2.05, 4.69) is 50.3 Å². The molecule has 0 amide bonds. The van der Waals surface area contributed by atoms with Gasteiger partial charge in [0.25, 0.3) is 0 Å². The lowest BCUT2D eigenvalue weighted by molar-refractivity contribution is 0.582. The Bertz CT molecular complexity index is 424. The Balaban J connectivity index is 1.78. The first-order valence-electron chi connectivity index (χ1n) is 5.21. The van der Waals surface area contributed by atoms with Crippen LogP contribution in [0.5, 0.6) is 0 Å². The molecule has 0 radical (unpaired) electrons. The van der Waals surface area contributed by atoms with Crippen LogP contribution < -0.4 is 5.32 Å². The number of nitrogens with one attached hydrogen (secondary N) is 2. The van der Waals surface area contributed by atoms with Gasteiger partial charge in [0.2, 0.25) is 0 Å². The van der Waals surface area contributed by atoms with Crippen LogP contribution in [-0.4, -0.2) is 16.5 Å². The third kappa shape index (κ3) is 3.17. The minimum atomic E-state index is 0.402. The second kappa shape index (κ2) is 5.61. The zero-order valence-electron chi connectivity index (χ0n) is 9.03. The lowest BCUT2D eigenvalue weighted by Crippen LogP contribution is -2.20. The molecule has 0 aliphatic carbocycles. The summed E-state index contributed by atoms with van der Waals surface area (Å²) in [6.07, 6.45) is 4.57. The number of rotatable bonds is 5. The number of hydrogen-bond donors (Lipinski definition) is 2. The molecule has 2 N–H and O–H groups in total. The topological polar surface area (TPSA) is 40.7 Å². The summed E-state index contributed by atoms with van der Waals surface area (Å²) in [4.78, 5) is 8.45. The van der Waals surface area contributed by atoms with E-state index in [0.717, 1.165) is 13.0 Å². The van der Waals surface area contributed by atoms with Gasteiger partial charge in [-0.3, -0.25) is 0 Å². The van der Waals surface area contributed by atoms with Crippen molar-refractivity contribution >= 4 is 27.3 Å². The molecule has 0 aliphatic heterocycles. The van der Waals surface area contributed by atoms with Crippen LogP contribution in [0.4, 0.5) is 0 Å². The van der Waals surface area contributed by atoms with Crippen LogP contribution in [0.25, 0.3) is 0 Å². The summed E-state index contributed by atoms with van der Waals surface area (Å²) in [5.41, 5.74) is 1.17. The Morgan fingerprint density at radius 1 is 1.56 bits per heavy atom. The van der Waals surface area contributed by atoms with Crippen LogP contribution in [0.3, 0.4) is 0 Å². The summed E-state index contributed by atoms with van der Waals surface area (Å²) in [5, 5.41) is 3.49. The van der Waals surface area contributed by atoms with Gasteiger partial charge in [-0.1, -0.05) is 0 Å². The number of halogens is 1. The van der Waals surface area contributed by atoms with Crippen molar-refractivity contribution in [3.63, 3.8) is 0 Å². The highest BCUT2D eigenvalue weighted by Crippen LogP contribution is 2.26. The molecule has 0 aromatic carbocycles. The number of aromatic amines is 1. The Kier molecular flexibility index (Phi) is 4.15. The second-order valence-corrected chi connectivity index (χ2v) is 6.14. The highest BCUT2D eigenvalue weighted by molar-refractivity contribution is 9.11. The molecule has 1 atom stereocenters. The molecule has 2 rings (SSSR count). The average molecular weight is 300 g/mol. The number of imidazole rings is 1. The van der Waals surface area contributed by atoms with E-state index < -0.39 is 0 Å². The van der Waals surface area contributed by atoms with Crippen molar-refractivity contribution in [1.29, 1.82) is 0 Å². The van der Waals surface area contributed by atoms with Gasteiger partial charge in [-0.15, -0.1) is 11.3 Å².